The summed E-state index contributed by atoms with van der Waals surface area (Å²) in [7, 11) is -26.4. The fourth-order valence-corrected chi connectivity index (χ4v) is 13.2. The summed E-state index contributed by atoms with van der Waals surface area (Å²) in [6, 6.07) is 8.77. The first-order valence-corrected chi connectivity index (χ1v) is 30.7. The van der Waals surface area contributed by atoms with Gasteiger partial charge in [0.15, 0.2) is 11.9 Å². The van der Waals surface area contributed by atoms with Crippen molar-refractivity contribution in [1.29, 1.82) is 0 Å². The molecule has 1 saturated heterocycles. The molecule has 6 rings (SSSR count). The molecular formula is C45H58N5O22P3S2. The van der Waals surface area contributed by atoms with Crippen molar-refractivity contribution < 1.29 is 96.7 Å². The molecule has 0 bridgehead atoms. The Morgan fingerprint density at radius 3 is 2.21 bits per heavy atom. The Hall–Kier alpha value is -4.87. The minimum absolute atomic E-state index is 0.0686. The number of nitrogens with zero attached hydrogens (tertiary/aromatic N) is 3. The molecule has 1 fully saturated rings. The standard InChI is InChI=1S/C45H58N5O22P3S2/c1-6-48-33-20-18-29(76(63,64)65)24-31(33)44(2,3)36(48)15-9-7-10-16-37-45(4,5)32-25-30(77(66,67)68)19-21-34(32)49(37)23-12-8-11-17-38(51)46-22-13-14-28-26-50(43(55)47-41(28)54)42-40(53)39(52)35(70-42)27-69-74(59,60)72-75(61,62)71-73(56,57)58/h7,9-10,13-16,18-21,24-26,35,39-40,42,52-53H,6,8,11-12,17,22-23,27H2,1-5H3,(H7-,46,47,51,54,55,56,57,58,59,60,61,62,63,64,65,66,67,68)/t35-,39-,40-,42-/m1/s1. The molecule has 3 aliphatic rings. The van der Waals surface area contributed by atoms with Crippen molar-refractivity contribution in [3.8, 4) is 0 Å². The van der Waals surface area contributed by atoms with E-state index >= 15 is 0 Å². The topological polar surface area (TPSA) is 411 Å². The maximum atomic E-state index is 12.8. The smallest absolute Gasteiger partial charge is 0.490 e. The van der Waals surface area contributed by atoms with Gasteiger partial charge < -0.3 is 49.3 Å². The van der Waals surface area contributed by atoms with Crippen molar-refractivity contribution in [2.24, 2.45) is 0 Å². The van der Waals surface area contributed by atoms with E-state index in [1.807, 2.05) is 74.9 Å². The third-order valence-corrected chi connectivity index (χ3v) is 18.3. The number of allylic oxidation sites excluding steroid dienone is 6. The predicted octanol–water partition coefficient (Wildman–Crippen LogP) is 3.23. The van der Waals surface area contributed by atoms with Gasteiger partial charge in [-0.2, -0.15) is 21.6 Å². The van der Waals surface area contributed by atoms with E-state index < -0.39 is 96.9 Å². The van der Waals surface area contributed by atoms with Crippen LogP contribution in [0.2, 0.25) is 0 Å². The average Bonchev–Trinajstić information content (AvgIpc) is 3.81. The number of phosphoric ester groups is 1. The predicted molar refractivity (Wildman–Crippen MR) is 273 cm³/mol. The van der Waals surface area contributed by atoms with E-state index in [1.165, 1.54) is 36.4 Å². The zero-order chi connectivity index (χ0) is 57.3. The van der Waals surface area contributed by atoms with Gasteiger partial charge in [-0.25, -0.2) is 26.9 Å². The summed E-state index contributed by atoms with van der Waals surface area (Å²) in [4.78, 5) is 78.1. The highest BCUT2D eigenvalue weighted by Crippen LogP contribution is 2.66. The zero-order valence-corrected chi connectivity index (χ0v) is 46.1. The lowest BCUT2D eigenvalue weighted by Gasteiger charge is -2.25. The van der Waals surface area contributed by atoms with E-state index in [-0.39, 0.29) is 34.2 Å². The number of rotatable bonds is 23. The van der Waals surface area contributed by atoms with Crippen LogP contribution in [0.5, 0.6) is 0 Å². The van der Waals surface area contributed by atoms with Gasteiger partial charge in [0.1, 0.15) is 35.0 Å². The summed E-state index contributed by atoms with van der Waals surface area (Å²) in [5.41, 5.74) is 1.06. The fraction of sp³-hybridized carbons (Fsp3) is 0.422. The zero-order valence-electron chi connectivity index (χ0n) is 41.8. The van der Waals surface area contributed by atoms with Crippen molar-refractivity contribution in [3.05, 3.63) is 122 Å². The molecule has 77 heavy (non-hydrogen) atoms. The third-order valence-electron chi connectivity index (χ3n) is 12.8. The van der Waals surface area contributed by atoms with Crippen LogP contribution in [0, 0.1) is 0 Å². The summed E-state index contributed by atoms with van der Waals surface area (Å²) in [6.07, 6.45) is 7.36. The number of H-pyrrole nitrogens is 1. The molecule has 27 nitrogen and oxygen atoms in total. The molecule has 0 spiro atoms. The number of aromatic amines is 1. The Bertz CT molecular complexity index is 3450. The number of carbonyl (C=O) groups excluding carboxylic acids is 1. The van der Waals surface area contributed by atoms with Crippen molar-refractivity contribution in [1.82, 2.24) is 14.9 Å². The van der Waals surface area contributed by atoms with Crippen molar-refractivity contribution in [2.45, 2.75) is 105 Å². The molecule has 4 heterocycles. The number of phosphoric acid groups is 3. The highest BCUT2D eigenvalue weighted by molar-refractivity contribution is 7.86. The number of benzene rings is 2. The SMILES string of the molecule is CCN1C(=CC=CC=CC2=[N+](CCCCCC(=O)NCC=Cc3cn([C@@H]4O[C@H](COP(=O)(O)OP(=O)(O)OP(=O)(O)O)[C@@H](O)[C@H]4O)c(=O)[nH]c3=O)c3ccc(S(=O)(=O)O)cc3C2(C)C)C(C)(C)c2cc(S(=O)(=O)[O-])ccc21. The molecule has 1 amide bonds. The molecular weight excluding hydrogens is 1120 g/mol. The van der Waals surface area contributed by atoms with E-state index in [2.05, 4.69) is 23.0 Å². The maximum Gasteiger partial charge on any atom is 0.490 e. The number of fused-ring (bicyclic) bond motifs is 2. The Kier molecular flexibility index (Phi) is 18.7. The van der Waals surface area contributed by atoms with Gasteiger partial charge in [-0.3, -0.25) is 28.2 Å². The first-order valence-electron chi connectivity index (χ1n) is 23.4. The van der Waals surface area contributed by atoms with Gasteiger partial charge in [0, 0.05) is 66.6 Å². The maximum absolute atomic E-state index is 12.8. The molecule has 0 aliphatic carbocycles. The number of ether oxygens (including phenoxy) is 1. The van der Waals surface area contributed by atoms with Crippen LogP contribution in [0.4, 0.5) is 11.4 Å². The highest BCUT2D eigenvalue weighted by atomic mass is 32.2. The Labute approximate surface area is 441 Å². The Morgan fingerprint density at radius 2 is 1.56 bits per heavy atom. The van der Waals surface area contributed by atoms with E-state index in [0.29, 0.717) is 48.0 Å². The van der Waals surface area contributed by atoms with Gasteiger partial charge in [-0.05, 0) is 75.6 Å². The lowest BCUT2D eigenvalue weighted by Crippen LogP contribution is -2.38. The molecule has 32 heteroatoms. The molecule has 9 N–H and O–H groups in total. The van der Waals surface area contributed by atoms with Gasteiger partial charge >= 0.3 is 29.2 Å². The van der Waals surface area contributed by atoms with Crippen LogP contribution >= 0.6 is 23.5 Å². The second kappa shape index (κ2) is 23.5. The van der Waals surface area contributed by atoms with E-state index in [4.69, 9.17) is 14.5 Å². The number of nitrogens with one attached hydrogen (secondary N) is 2. The number of amides is 1. The number of aliphatic hydroxyl groups is 2. The summed E-state index contributed by atoms with van der Waals surface area (Å²) in [5.74, 6) is -0.332. The van der Waals surface area contributed by atoms with E-state index in [0.717, 1.165) is 29.0 Å². The van der Waals surface area contributed by atoms with Crippen LogP contribution in [0.1, 0.15) is 83.2 Å². The van der Waals surface area contributed by atoms with Crippen LogP contribution in [-0.4, -0.2) is 126 Å². The largest absolute Gasteiger partial charge is 0.744 e. The summed E-state index contributed by atoms with van der Waals surface area (Å²) in [6.45, 7) is 9.54. The van der Waals surface area contributed by atoms with Crippen LogP contribution in [0.25, 0.3) is 6.08 Å². The number of aliphatic hydroxyl groups excluding tert-OH is 2. The van der Waals surface area contributed by atoms with Gasteiger partial charge in [-0.1, -0.05) is 44.2 Å². The first kappa shape index (κ1) is 61.3. The molecule has 1 aromatic heterocycles. The summed E-state index contributed by atoms with van der Waals surface area (Å²) < 4.78 is 124. The number of anilines is 1. The highest BCUT2D eigenvalue weighted by Gasteiger charge is 2.48. The lowest BCUT2D eigenvalue weighted by atomic mass is 9.81. The molecule has 6 atom stereocenters. The average molecular weight is 1180 g/mol. The molecule has 422 valence electrons. The minimum Gasteiger partial charge on any atom is -0.744 e. The third kappa shape index (κ3) is 14.7. The van der Waals surface area contributed by atoms with Crippen LogP contribution in [-0.2, 0) is 67.4 Å². The molecule has 0 saturated carbocycles. The number of hydrogen-bond donors (Lipinski definition) is 9. The van der Waals surface area contributed by atoms with Crippen molar-refractivity contribution >= 4 is 72.8 Å². The number of hydrogen-bond acceptors (Lipinski definition) is 18. The first-order chi connectivity index (χ1) is 35.6. The van der Waals surface area contributed by atoms with Gasteiger partial charge in [-0.15, -0.1) is 0 Å². The fourth-order valence-electron chi connectivity index (χ4n) is 9.12. The van der Waals surface area contributed by atoms with Crippen molar-refractivity contribution in [2.75, 3.05) is 31.1 Å². The van der Waals surface area contributed by atoms with Gasteiger partial charge in [0.25, 0.3) is 15.7 Å². The summed E-state index contributed by atoms with van der Waals surface area (Å²) in [5, 5.41) is 23.8. The van der Waals surface area contributed by atoms with Crippen LogP contribution in [0.3, 0.4) is 0 Å². The van der Waals surface area contributed by atoms with Crippen LogP contribution in [0.15, 0.2) is 104 Å². The number of carbonyl (C=O) groups is 1. The second-order valence-corrected chi connectivity index (χ2v) is 26.0. The number of aromatic nitrogens is 2. The normalized spacial score (nSPS) is 22.6. The minimum atomic E-state index is -5.87. The number of likely N-dealkylation sites (N-methyl/N-ethyl adjacent to an activating group) is 1. The van der Waals surface area contributed by atoms with E-state index in [1.54, 1.807) is 12.1 Å². The molecule has 3 aromatic rings. The second-order valence-electron chi connectivity index (χ2n) is 18.8. The summed E-state index contributed by atoms with van der Waals surface area (Å²) >= 11 is 0. The quantitative estimate of drug-likeness (QED) is 0.0216. The molecule has 3 aliphatic heterocycles. The van der Waals surface area contributed by atoms with E-state index in [9.17, 15) is 74.0 Å². The molecule has 2 aromatic carbocycles. The van der Waals surface area contributed by atoms with Gasteiger partial charge in [0.2, 0.25) is 11.6 Å². The van der Waals surface area contributed by atoms with Crippen molar-refractivity contribution in [3.63, 3.8) is 0 Å². The number of unbranched alkanes of at least 4 members (excludes halogenated alkanes) is 2. The monoisotopic (exact) mass is 1180 g/mol. The lowest BCUT2D eigenvalue weighted by molar-refractivity contribution is -0.438. The van der Waals surface area contributed by atoms with Gasteiger partial charge in [0.05, 0.1) is 27.4 Å². The molecule has 0 radical (unpaired) electrons. The molecule has 2 unspecified atom stereocenters. The Morgan fingerprint density at radius 1 is 0.883 bits per heavy atom. The van der Waals surface area contributed by atoms with Crippen LogP contribution < -0.4 is 21.5 Å². The Balaban J connectivity index is 1.06.